The molecule has 1 aromatic rings. The Morgan fingerprint density at radius 2 is 1.65 bits per heavy atom. The van der Waals surface area contributed by atoms with E-state index in [1.807, 2.05) is 12.1 Å². The van der Waals surface area contributed by atoms with Gasteiger partial charge in [-0.2, -0.15) is 0 Å². The molecule has 1 saturated heterocycles. The standard InChI is InChI=1S/C19H32N2O3.2ClH/c1-4-20-7-9-21(10-8-20)14-18(22)15-23-11-12-24-19-6-5-16(2)17(3)13-19;;/h5-6,13,18,22H,4,7-12,14-15H2,1-3H3;2*1H. The molecule has 7 heteroatoms. The number of benzene rings is 1. The fraction of sp³-hybridized carbons (Fsp3) is 0.684. The zero-order valence-corrected chi connectivity index (χ0v) is 17.8. The maximum atomic E-state index is 10.1. The number of hydrogen-bond donors (Lipinski definition) is 1. The van der Waals surface area contributed by atoms with E-state index >= 15 is 0 Å². The fourth-order valence-corrected chi connectivity index (χ4v) is 2.88. The molecule has 26 heavy (non-hydrogen) atoms. The lowest BCUT2D eigenvalue weighted by molar-refractivity contribution is 0.000388. The van der Waals surface area contributed by atoms with Crippen molar-refractivity contribution in [1.82, 2.24) is 9.80 Å². The molecule has 1 aromatic carbocycles. The molecule has 1 aliphatic heterocycles. The van der Waals surface area contributed by atoms with E-state index in [0.29, 0.717) is 26.4 Å². The van der Waals surface area contributed by atoms with Crippen LogP contribution in [0.1, 0.15) is 18.1 Å². The highest BCUT2D eigenvalue weighted by atomic mass is 35.5. The van der Waals surface area contributed by atoms with Gasteiger partial charge in [-0.1, -0.05) is 13.0 Å². The first kappa shape index (κ1) is 25.4. The minimum Gasteiger partial charge on any atom is -0.491 e. The summed E-state index contributed by atoms with van der Waals surface area (Å²) in [5, 5.41) is 10.1. The Bertz CT molecular complexity index is 498. The fourth-order valence-electron chi connectivity index (χ4n) is 2.88. The molecular weight excluding hydrogens is 375 g/mol. The van der Waals surface area contributed by atoms with E-state index in [1.54, 1.807) is 0 Å². The number of likely N-dealkylation sites (N-methyl/N-ethyl adjacent to an activating group) is 1. The van der Waals surface area contributed by atoms with Crippen molar-refractivity contribution in [3.05, 3.63) is 29.3 Å². The zero-order valence-electron chi connectivity index (χ0n) is 16.1. The highest BCUT2D eigenvalue weighted by Crippen LogP contribution is 2.16. The molecule has 0 saturated carbocycles. The number of β-amino-alcohol motifs (C(OH)–C–C–N with tert-alkyl or cyclic N) is 1. The van der Waals surface area contributed by atoms with Crippen LogP contribution in [0.3, 0.4) is 0 Å². The van der Waals surface area contributed by atoms with Crippen LogP contribution in [0.15, 0.2) is 18.2 Å². The van der Waals surface area contributed by atoms with Gasteiger partial charge >= 0.3 is 0 Å². The summed E-state index contributed by atoms with van der Waals surface area (Å²) in [6.45, 7) is 13.8. The molecule has 1 aliphatic rings. The average Bonchev–Trinajstić information content (AvgIpc) is 2.58. The molecule has 2 rings (SSSR count). The number of aliphatic hydroxyl groups excluding tert-OH is 1. The number of halogens is 2. The molecule has 1 N–H and O–H groups in total. The van der Waals surface area contributed by atoms with Gasteiger partial charge in [0.05, 0.1) is 19.3 Å². The number of aliphatic hydroxyl groups is 1. The SMILES string of the molecule is CCN1CCN(CC(O)COCCOc2ccc(C)c(C)c2)CC1.Cl.Cl. The van der Waals surface area contributed by atoms with Crippen LogP contribution in [-0.4, -0.2) is 80.1 Å². The number of ether oxygens (including phenoxy) is 2. The first-order valence-electron chi connectivity index (χ1n) is 8.99. The summed E-state index contributed by atoms with van der Waals surface area (Å²) < 4.78 is 11.2. The summed E-state index contributed by atoms with van der Waals surface area (Å²) in [5.41, 5.74) is 2.49. The lowest BCUT2D eigenvalue weighted by Crippen LogP contribution is -2.48. The number of piperazine rings is 1. The first-order chi connectivity index (χ1) is 11.6. The largest absolute Gasteiger partial charge is 0.491 e. The second-order valence-corrected chi connectivity index (χ2v) is 6.56. The van der Waals surface area contributed by atoms with Gasteiger partial charge in [0.2, 0.25) is 0 Å². The Balaban J connectivity index is 0.00000312. The topological polar surface area (TPSA) is 45.2 Å². The van der Waals surface area contributed by atoms with Crippen LogP contribution < -0.4 is 4.74 Å². The molecule has 0 bridgehead atoms. The Labute approximate surface area is 170 Å². The van der Waals surface area contributed by atoms with E-state index in [1.165, 1.54) is 11.1 Å². The molecule has 1 atom stereocenters. The van der Waals surface area contributed by atoms with E-state index in [2.05, 4.69) is 36.6 Å². The molecule has 152 valence electrons. The van der Waals surface area contributed by atoms with Gasteiger partial charge in [0, 0.05) is 32.7 Å². The highest BCUT2D eigenvalue weighted by molar-refractivity contribution is 5.85. The van der Waals surface area contributed by atoms with Crippen molar-refractivity contribution >= 4 is 24.8 Å². The van der Waals surface area contributed by atoms with Crippen LogP contribution in [0.25, 0.3) is 0 Å². The summed E-state index contributed by atoms with van der Waals surface area (Å²) in [5.74, 6) is 0.871. The summed E-state index contributed by atoms with van der Waals surface area (Å²) in [6.07, 6.45) is -0.431. The summed E-state index contributed by atoms with van der Waals surface area (Å²) >= 11 is 0. The van der Waals surface area contributed by atoms with Gasteiger partial charge in [0.15, 0.2) is 0 Å². The number of nitrogens with zero attached hydrogens (tertiary/aromatic N) is 2. The van der Waals surface area contributed by atoms with Crippen LogP contribution in [0.5, 0.6) is 5.75 Å². The zero-order chi connectivity index (χ0) is 17.4. The van der Waals surface area contributed by atoms with Gasteiger partial charge < -0.3 is 19.5 Å². The van der Waals surface area contributed by atoms with E-state index in [9.17, 15) is 5.11 Å². The maximum absolute atomic E-state index is 10.1. The summed E-state index contributed by atoms with van der Waals surface area (Å²) in [6, 6.07) is 6.08. The van der Waals surface area contributed by atoms with Crippen molar-refractivity contribution in [2.24, 2.45) is 0 Å². The highest BCUT2D eigenvalue weighted by Gasteiger charge is 2.18. The third-order valence-electron chi connectivity index (χ3n) is 4.67. The van der Waals surface area contributed by atoms with Gasteiger partial charge in [-0.25, -0.2) is 0 Å². The molecule has 0 aromatic heterocycles. The van der Waals surface area contributed by atoms with Crippen molar-refractivity contribution in [2.75, 3.05) is 59.1 Å². The number of hydrogen-bond acceptors (Lipinski definition) is 5. The van der Waals surface area contributed by atoms with Crippen molar-refractivity contribution in [1.29, 1.82) is 0 Å². The van der Waals surface area contributed by atoms with Crippen LogP contribution in [0.2, 0.25) is 0 Å². The van der Waals surface area contributed by atoms with Crippen LogP contribution in [-0.2, 0) is 4.74 Å². The predicted molar refractivity (Wildman–Crippen MR) is 111 cm³/mol. The van der Waals surface area contributed by atoms with Crippen LogP contribution in [0, 0.1) is 13.8 Å². The third kappa shape index (κ3) is 8.89. The minimum absolute atomic E-state index is 0. The van der Waals surface area contributed by atoms with E-state index in [0.717, 1.165) is 38.5 Å². The van der Waals surface area contributed by atoms with Crippen molar-refractivity contribution in [3.63, 3.8) is 0 Å². The van der Waals surface area contributed by atoms with E-state index in [4.69, 9.17) is 9.47 Å². The molecule has 0 aliphatic carbocycles. The molecule has 0 amide bonds. The Kier molecular flexibility index (Phi) is 13.3. The Morgan fingerprint density at radius 1 is 1.00 bits per heavy atom. The molecule has 5 nitrogen and oxygen atoms in total. The molecule has 0 spiro atoms. The summed E-state index contributed by atoms with van der Waals surface area (Å²) in [7, 11) is 0. The normalized spacial score (nSPS) is 16.5. The minimum atomic E-state index is -0.431. The molecular formula is C19H34Cl2N2O3. The Hall–Kier alpha value is -0.560. The summed E-state index contributed by atoms with van der Waals surface area (Å²) in [4.78, 5) is 4.75. The molecule has 1 unspecified atom stereocenters. The van der Waals surface area contributed by atoms with Gasteiger partial charge in [-0.3, -0.25) is 4.90 Å². The lowest BCUT2D eigenvalue weighted by atomic mass is 10.1. The average molecular weight is 409 g/mol. The predicted octanol–water partition coefficient (Wildman–Crippen LogP) is 2.54. The van der Waals surface area contributed by atoms with Crippen molar-refractivity contribution in [3.8, 4) is 5.75 Å². The van der Waals surface area contributed by atoms with Crippen molar-refractivity contribution < 1.29 is 14.6 Å². The maximum Gasteiger partial charge on any atom is 0.119 e. The van der Waals surface area contributed by atoms with Gasteiger partial charge in [0.1, 0.15) is 12.4 Å². The monoisotopic (exact) mass is 408 g/mol. The van der Waals surface area contributed by atoms with Crippen LogP contribution in [0.4, 0.5) is 0 Å². The molecule has 1 fully saturated rings. The lowest BCUT2D eigenvalue weighted by Gasteiger charge is -2.34. The molecule has 0 radical (unpaired) electrons. The second kappa shape index (κ2) is 13.6. The van der Waals surface area contributed by atoms with E-state index < -0.39 is 6.10 Å². The first-order valence-corrected chi connectivity index (χ1v) is 8.99. The van der Waals surface area contributed by atoms with Crippen LogP contribution >= 0.6 is 24.8 Å². The number of rotatable bonds is 9. The van der Waals surface area contributed by atoms with Gasteiger partial charge in [-0.05, 0) is 43.7 Å². The van der Waals surface area contributed by atoms with Crippen molar-refractivity contribution in [2.45, 2.75) is 26.9 Å². The number of aryl methyl sites for hydroxylation is 2. The Morgan fingerprint density at radius 3 is 2.27 bits per heavy atom. The van der Waals surface area contributed by atoms with E-state index in [-0.39, 0.29) is 24.8 Å². The molecule has 1 heterocycles. The second-order valence-electron chi connectivity index (χ2n) is 6.56. The third-order valence-corrected chi connectivity index (χ3v) is 4.67. The van der Waals surface area contributed by atoms with Gasteiger partial charge in [0.25, 0.3) is 0 Å². The van der Waals surface area contributed by atoms with Gasteiger partial charge in [-0.15, -0.1) is 24.8 Å². The smallest absolute Gasteiger partial charge is 0.119 e. The quantitative estimate of drug-likeness (QED) is 0.636.